The van der Waals surface area contributed by atoms with Crippen molar-refractivity contribution in [3.8, 4) is 0 Å². The number of halogens is 3. The standard InChI is InChI=1S/C26H20F3N3O2/c27-26(28,29)20-10-6-7-17(13-20)15-31-25(34)23(32-24(33)18-8-2-1-3-9-18)14-19-16-30-22-12-5-4-11-21(19)22/h1-14,16,30H,15H2,(H,31,34)(H,32,33). The molecule has 4 rings (SSSR count). The number of para-hydroxylation sites is 1. The van der Waals surface area contributed by atoms with Gasteiger partial charge in [0.25, 0.3) is 11.8 Å². The Bertz CT molecular complexity index is 1360. The van der Waals surface area contributed by atoms with Gasteiger partial charge in [0.1, 0.15) is 5.70 Å². The lowest BCUT2D eigenvalue weighted by molar-refractivity contribution is -0.137. The number of H-pyrrole nitrogens is 1. The first-order chi connectivity index (χ1) is 16.3. The summed E-state index contributed by atoms with van der Waals surface area (Å²) in [5.41, 5.74) is 1.33. The van der Waals surface area contributed by atoms with Gasteiger partial charge < -0.3 is 15.6 Å². The molecule has 0 bridgehead atoms. The summed E-state index contributed by atoms with van der Waals surface area (Å²) in [7, 11) is 0. The second kappa shape index (κ2) is 9.66. The molecule has 0 radical (unpaired) electrons. The average molecular weight is 463 g/mol. The molecular formula is C26H20F3N3O2. The van der Waals surface area contributed by atoms with E-state index in [1.165, 1.54) is 18.2 Å². The molecule has 5 nitrogen and oxygen atoms in total. The molecule has 1 heterocycles. The average Bonchev–Trinajstić information content (AvgIpc) is 3.25. The van der Waals surface area contributed by atoms with Crippen LogP contribution in [0.4, 0.5) is 13.2 Å². The van der Waals surface area contributed by atoms with Crippen molar-refractivity contribution in [2.45, 2.75) is 12.7 Å². The Morgan fingerprint density at radius 3 is 2.41 bits per heavy atom. The van der Waals surface area contributed by atoms with Crippen LogP contribution in [-0.4, -0.2) is 16.8 Å². The lowest BCUT2D eigenvalue weighted by Gasteiger charge is -2.12. The van der Waals surface area contributed by atoms with Gasteiger partial charge in [0, 0.05) is 34.8 Å². The van der Waals surface area contributed by atoms with Crippen molar-refractivity contribution in [3.05, 3.63) is 113 Å². The molecule has 0 aliphatic heterocycles. The van der Waals surface area contributed by atoms with Crippen molar-refractivity contribution in [1.29, 1.82) is 0 Å². The van der Waals surface area contributed by atoms with E-state index in [0.29, 0.717) is 11.1 Å². The summed E-state index contributed by atoms with van der Waals surface area (Å²) in [5.74, 6) is -1.12. The molecule has 3 aromatic carbocycles. The SMILES string of the molecule is O=C(NCc1cccc(C(F)(F)F)c1)C(=Cc1c[nH]c2ccccc12)NC(=O)c1ccccc1. The molecular weight excluding hydrogens is 443 g/mol. The van der Waals surface area contributed by atoms with Gasteiger partial charge in [0.15, 0.2) is 0 Å². The Morgan fingerprint density at radius 2 is 1.65 bits per heavy atom. The highest BCUT2D eigenvalue weighted by molar-refractivity contribution is 6.06. The van der Waals surface area contributed by atoms with Gasteiger partial charge >= 0.3 is 6.18 Å². The minimum Gasteiger partial charge on any atom is -0.361 e. The number of benzene rings is 3. The third kappa shape index (κ3) is 5.35. The van der Waals surface area contributed by atoms with Crippen LogP contribution in [0.1, 0.15) is 27.0 Å². The summed E-state index contributed by atoms with van der Waals surface area (Å²) in [6.07, 6.45) is -1.25. The monoisotopic (exact) mass is 463 g/mol. The highest BCUT2D eigenvalue weighted by Crippen LogP contribution is 2.29. The highest BCUT2D eigenvalue weighted by Gasteiger charge is 2.30. The van der Waals surface area contributed by atoms with E-state index < -0.39 is 23.6 Å². The van der Waals surface area contributed by atoms with E-state index in [1.807, 2.05) is 24.3 Å². The van der Waals surface area contributed by atoms with Crippen molar-refractivity contribution in [1.82, 2.24) is 15.6 Å². The van der Waals surface area contributed by atoms with Crippen LogP contribution in [0.25, 0.3) is 17.0 Å². The fourth-order valence-corrected chi connectivity index (χ4v) is 3.45. The van der Waals surface area contributed by atoms with Crippen LogP contribution in [0.5, 0.6) is 0 Å². The maximum absolute atomic E-state index is 13.0. The summed E-state index contributed by atoms with van der Waals surface area (Å²) in [4.78, 5) is 28.8. The maximum Gasteiger partial charge on any atom is 0.416 e. The molecule has 0 saturated carbocycles. The molecule has 0 spiro atoms. The van der Waals surface area contributed by atoms with E-state index in [0.717, 1.165) is 23.0 Å². The largest absolute Gasteiger partial charge is 0.416 e. The number of aromatic nitrogens is 1. The van der Waals surface area contributed by atoms with Gasteiger partial charge in [-0.15, -0.1) is 0 Å². The van der Waals surface area contributed by atoms with Gasteiger partial charge in [-0.25, -0.2) is 0 Å². The first-order valence-electron chi connectivity index (χ1n) is 10.4. The van der Waals surface area contributed by atoms with Gasteiger partial charge in [0.2, 0.25) is 0 Å². The number of nitrogens with one attached hydrogen (secondary N) is 3. The number of carbonyl (C=O) groups excluding carboxylic acids is 2. The highest BCUT2D eigenvalue weighted by atomic mass is 19.4. The number of alkyl halides is 3. The Hall–Kier alpha value is -4.33. The Labute approximate surface area is 193 Å². The molecule has 0 unspecified atom stereocenters. The van der Waals surface area contributed by atoms with E-state index in [2.05, 4.69) is 15.6 Å². The van der Waals surface area contributed by atoms with Gasteiger partial charge in [-0.05, 0) is 42.0 Å². The third-order valence-electron chi connectivity index (χ3n) is 5.16. The van der Waals surface area contributed by atoms with Crippen LogP contribution < -0.4 is 10.6 Å². The van der Waals surface area contributed by atoms with Gasteiger partial charge in [-0.1, -0.05) is 48.5 Å². The predicted molar refractivity (Wildman–Crippen MR) is 123 cm³/mol. The Kier molecular flexibility index (Phi) is 6.49. The number of amides is 2. The van der Waals surface area contributed by atoms with Gasteiger partial charge in [-0.2, -0.15) is 13.2 Å². The Morgan fingerprint density at radius 1 is 0.912 bits per heavy atom. The van der Waals surface area contributed by atoms with E-state index in [9.17, 15) is 22.8 Å². The normalized spacial score (nSPS) is 11.9. The molecule has 0 aliphatic carbocycles. The summed E-state index contributed by atoms with van der Waals surface area (Å²) < 4.78 is 39.0. The van der Waals surface area contributed by atoms with Crippen LogP contribution in [0.2, 0.25) is 0 Å². The second-order valence-electron chi connectivity index (χ2n) is 7.55. The molecule has 172 valence electrons. The number of rotatable bonds is 6. The predicted octanol–water partition coefficient (Wildman–Crippen LogP) is 5.27. The molecule has 4 aromatic rings. The zero-order chi connectivity index (χ0) is 24.1. The van der Waals surface area contributed by atoms with Crippen LogP contribution in [0, 0.1) is 0 Å². The maximum atomic E-state index is 13.0. The van der Waals surface area contributed by atoms with Gasteiger partial charge in [-0.3, -0.25) is 9.59 Å². The van der Waals surface area contributed by atoms with Gasteiger partial charge in [0.05, 0.1) is 5.56 Å². The third-order valence-corrected chi connectivity index (χ3v) is 5.16. The minimum absolute atomic E-state index is 0.0365. The lowest BCUT2D eigenvalue weighted by Crippen LogP contribution is -2.34. The van der Waals surface area contributed by atoms with E-state index in [4.69, 9.17) is 0 Å². The zero-order valence-electron chi connectivity index (χ0n) is 17.8. The van der Waals surface area contributed by atoms with Crippen LogP contribution >= 0.6 is 0 Å². The van der Waals surface area contributed by atoms with E-state index in [-0.39, 0.29) is 17.8 Å². The summed E-state index contributed by atoms with van der Waals surface area (Å²) >= 11 is 0. The van der Waals surface area contributed by atoms with E-state index in [1.54, 1.807) is 36.5 Å². The van der Waals surface area contributed by atoms with Crippen LogP contribution in [0.3, 0.4) is 0 Å². The first kappa shape index (κ1) is 22.8. The van der Waals surface area contributed by atoms with Crippen molar-refractivity contribution in [2.24, 2.45) is 0 Å². The smallest absolute Gasteiger partial charge is 0.361 e. The lowest BCUT2D eigenvalue weighted by atomic mass is 10.1. The molecule has 0 aliphatic rings. The van der Waals surface area contributed by atoms with Crippen LogP contribution in [0.15, 0.2) is 90.8 Å². The summed E-state index contributed by atoms with van der Waals surface area (Å²) in [6, 6.07) is 20.6. The van der Waals surface area contributed by atoms with Crippen LogP contribution in [-0.2, 0) is 17.5 Å². The van der Waals surface area contributed by atoms with Crippen molar-refractivity contribution >= 4 is 28.8 Å². The number of hydrogen-bond acceptors (Lipinski definition) is 2. The topological polar surface area (TPSA) is 74.0 Å². The Balaban J connectivity index is 1.60. The minimum atomic E-state index is -4.48. The van der Waals surface area contributed by atoms with Crippen molar-refractivity contribution in [2.75, 3.05) is 0 Å². The summed E-state index contributed by atoms with van der Waals surface area (Å²) in [5, 5.41) is 6.07. The number of carbonyl (C=O) groups is 2. The first-order valence-corrected chi connectivity index (χ1v) is 10.4. The molecule has 0 saturated heterocycles. The second-order valence-corrected chi connectivity index (χ2v) is 7.55. The van der Waals surface area contributed by atoms with Crippen molar-refractivity contribution < 1.29 is 22.8 Å². The van der Waals surface area contributed by atoms with Crippen molar-refractivity contribution in [3.63, 3.8) is 0 Å². The molecule has 34 heavy (non-hydrogen) atoms. The molecule has 2 amide bonds. The fourth-order valence-electron chi connectivity index (χ4n) is 3.45. The molecule has 3 N–H and O–H groups in total. The fraction of sp³-hybridized carbons (Fsp3) is 0.0769. The number of aromatic amines is 1. The van der Waals surface area contributed by atoms with E-state index >= 15 is 0 Å². The number of fused-ring (bicyclic) bond motifs is 1. The quantitative estimate of drug-likeness (QED) is 0.341. The molecule has 0 fully saturated rings. The molecule has 0 atom stereocenters. The zero-order valence-corrected chi connectivity index (χ0v) is 17.8. The molecule has 8 heteroatoms. The summed E-state index contributed by atoms with van der Waals surface area (Å²) in [6.45, 7) is -0.144. The molecule has 1 aromatic heterocycles. The number of hydrogen-bond donors (Lipinski definition) is 3.